The Bertz CT molecular complexity index is 466. The molecule has 4 heteroatoms. The number of halogens is 1. The summed E-state index contributed by atoms with van der Waals surface area (Å²) < 4.78 is 11.8. The largest absolute Gasteiger partial charge is 0.454 e. The van der Waals surface area contributed by atoms with Crippen LogP contribution in [0, 0.1) is 8.99 Å². The van der Waals surface area contributed by atoms with E-state index in [2.05, 4.69) is 22.6 Å². The van der Waals surface area contributed by atoms with Crippen LogP contribution in [0.3, 0.4) is 0 Å². The molecule has 1 heterocycles. The van der Waals surface area contributed by atoms with E-state index in [1.54, 1.807) is 6.92 Å². The SMILES string of the molecule is CC(=O)C(C)(C)Cc1cc2c(cc1I)OCO2. The molecule has 0 saturated carbocycles. The maximum atomic E-state index is 11.6. The number of fused-ring (bicyclic) bond motifs is 1. The molecule has 0 amide bonds. The summed E-state index contributed by atoms with van der Waals surface area (Å²) in [7, 11) is 0. The highest BCUT2D eigenvalue weighted by Crippen LogP contribution is 2.37. The number of carbonyl (C=O) groups excluding carboxylic acids is 1. The van der Waals surface area contributed by atoms with Crippen molar-refractivity contribution < 1.29 is 14.3 Å². The second kappa shape index (κ2) is 4.48. The van der Waals surface area contributed by atoms with Crippen LogP contribution in [-0.4, -0.2) is 12.6 Å². The second-order valence-corrected chi connectivity index (χ2v) is 6.08. The molecule has 0 aromatic heterocycles. The molecule has 0 atom stereocenters. The standard InChI is InChI=1S/C13H15IO3/c1-8(15)13(2,3)6-9-4-11-12(5-10(9)14)17-7-16-11/h4-5H,6-7H2,1-3H3. The van der Waals surface area contributed by atoms with Crippen molar-refractivity contribution >= 4 is 28.4 Å². The normalized spacial score (nSPS) is 13.9. The maximum Gasteiger partial charge on any atom is 0.231 e. The third-order valence-corrected chi connectivity index (χ3v) is 4.13. The first-order valence-electron chi connectivity index (χ1n) is 5.49. The maximum absolute atomic E-state index is 11.6. The Morgan fingerprint density at radius 1 is 1.35 bits per heavy atom. The Labute approximate surface area is 115 Å². The molecule has 92 valence electrons. The molecule has 0 N–H and O–H groups in total. The van der Waals surface area contributed by atoms with Gasteiger partial charge in [0.1, 0.15) is 5.78 Å². The highest BCUT2D eigenvalue weighted by Gasteiger charge is 2.26. The van der Waals surface area contributed by atoms with E-state index in [1.807, 2.05) is 26.0 Å². The molecule has 0 aliphatic carbocycles. The Kier molecular flexibility index (Phi) is 3.34. The summed E-state index contributed by atoms with van der Waals surface area (Å²) in [5.74, 6) is 1.77. The fourth-order valence-corrected chi connectivity index (χ4v) is 2.32. The van der Waals surface area contributed by atoms with Gasteiger partial charge in [-0.25, -0.2) is 0 Å². The van der Waals surface area contributed by atoms with Gasteiger partial charge in [-0.2, -0.15) is 0 Å². The number of hydrogen-bond donors (Lipinski definition) is 0. The van der Waals surface area contributed by atoms with E-state index in [1.165, 1.54) is 0 Å². The number of ether oxygens (including phenoxy) is 2. The average Bonchev–Trinajstić information content (AvgIpc) is 2.64. The number of ketones is 1. The molecule has 0 spiro atoms. The Morgan fingerprint density at radius 2 is 1.94 bits per heavy atom. The highest BCUT2D eigenvalue weighted by molar-refractivity contribution is 14.1. The van der Waals surface area contributed by atoms with Crippen LogP contribution in [-0.2, 0) is 11.2 Å². The van der Waals surface area contributed by atoms with Gasteiger partial charge in [0.25, 0.3) is 0 Å². The number of Topliss-reactive ketones (excluding diaryl/α,β-unsaturated/α-hetero) is 1. The van der Waals surface area contributed by atoms with Gasteiger partial charge in [-0.3, -0.25) is 4.79 Å². The second-order valence-electron chi connectivity index (χ2n) is 4.91. The molecule has 1 aromatic carbocycles. The Hall–Kier alpha value is -0.780. The third kappa shape index (κ3) is 2.56. The van der Waals surface area contributed by atoms with E-state index >= 15 is 0 Å². The molecule has 2 rings (SSSR count). The van der Waals surface area contributed by atoms with Crippen molar-refractivity contribution in [2.24, 2.45) is 5.41 Å². The predicted octanol–water partition coefficient (Wildman–Crippen LogP) is 3.18. The lowest BCUT2D eigenvalue weighted by atomic mass is 9.82. The number of rotatable bonds is 3. The number of hydrogen-bond acceptors (Lipinski definition) is 3. The van der Waals surface area contributed by atoms with Crippen LogP contribution in [0.1, 0.15) is 26.3 Å². The molecule has 1 aliphatic rings. The molecular weight excluding hydrogens is 331 g/mol. The van der Waals surface area contributed by atoms with Gasteiger partial charge in [-0.15, -0.1) is 0 Å². The highest BCUT2D eigenvalue weighted by atomic mass is 127. The monoisotopic (exact) mass is 346 g/mol. The zero-order valence-corrected chi connectivity index (χ0v) is 12.3. The van der Waals surface area contributed by atoms with Gasteiger partial charge in [0, 0.05) is 8.99 Å². The summed E-state index contributed by atoms with van der Waals surface area (Å²) in [4.78, 5) is 11.6. The first kappa shape index (κ1) is 12.7. The van der Waals surface area contributed by atoms with Crippen molar-refractivity contribution in [3.63, 3.8) is 0 Å². The Morgan fingerprint density at radius 3 is 2.53 bits per heavy atom. The summed E-state index contributed by atoms with van der Waals surface area (Å²) in [6.07, 6.45) is 0.719. The zero-order chi connectivity index (χ0) is 12.6. The van der Waals surface area contributed by atoms with E-state index in [-0.39, 0.29) is 18.0 Å². The van der Waals surface area contributed by atoms with Crippen LogP contribution in [0.4, 0.5) is 0 Å². The lowest BCUT2D eigenvalue weighted by Crippen LogP contribution is -2.24. The van der Waals surface area contributed by atoms with Crippen molar-refractivity contribution in [1.29, 1.82) is 0 Å². The quantitative estimate of drug-likeness (QED) is 0.789. The van der Waals surface area contributed by atoms with Gasteiger partial charge in [-0.1, -0.05) is 13.8 Å². The molecule has 1 aliphatic heterocycles. The van der Waals surface area contributed by atoms with Crippen LogP contribution in [0.2, 0.25) is 0 Å². The van der Waals surface area contributed by atoms with E-state index in [4.69, 9.17) is 9.47 Å². The molecule has 0 radical (unpaired) electrons. The molecule has 0 saturated heterocycles. The summed E-state index contributed by atoms with van der Waals surface area (Å²) in [5.41, 5.74) is 0.795. The van der Waals surface area contributed by atoms with Crippen LogP contribution in [0.25, 0.3) is 0 Å². The molecule has 0 fully saturated rings. The fourth-order valence-electron chi connectivity index (χ4n) is 1.70. The predicted molar refractivity (Wildman–Crippen MR) is 73.4 cm³/mol. The van der Waals surface area contributed by atoms with Crippen LogP contribution in [0.15, 0.2) is 12.1 Å². The van der Waals surface area contributed by atoms with Crippen LogP contribution >= 0.6 is 22.6 Å². The van der Waals surface area contributed by atoms with Crippen molar-refractivity contribution in [1.82, 2.24) is 0 Å². The first-order valence-corrected chi connectivity index (χ1v) is 6.57. The molecule has 17 heavy (non-hydrogen) atoms. The van der Waals surface area contributed by atoms with Crippen LogP contribution < -0.4 is 9.47 Å². The minimum Gasteiger partial charge on any atom is -0.454 e. The summed E-state index contributed by atoms with van der Waals surface area (Å²) >= 11 is 2.27. The minimum absolute atomic E-state index is 0.200. The zero-order valence-electron chi connectivity index (χ0n) is 10.2. The molecule has 0 unspecified atom stereocenters. The summed E-state index contributed by atoms with van der Waals surface area (Å²) in [6.45, 7) is 5.86. The lowest BCUT2D eigenvalue weighted by Gasteiger charge is -2.22. The van der Waals surface area contributed by atoms with Crippen molar-refractivity contribution in [2.75, 3.05) is 6.79 Å². The smallest absolute Gasteiger partial charge is 0.231 e. The summed E-state index contributed by atoms with van der Waals surface area (Å²) in [5, 5.41) is 0. The van der Waals surface area contributed by atoms with Gasteiger partial charge < -0.3 is 9.47 Å². The Balaban J connectivity index is 2.31. The molecule has 3 nitrogen and oxygen atoms in total. The number of benzene rings is 1. The fraction of sp³-hybridized carbons (Fsp3) is 0.462. The van der Waals surface area contributed by atoms with Crippen LogP contribution in [0.5, 0.6) is 11.5 Å². The van der Waals surface area contributed by atoms with Crippen molar-refractivity contribution in [3.8, 4) is 11.5 Å². The average molecular weight is 346 g/mol. The van der Waals surface area contributed by atoms with E-state index in [9.17, 15) is 4.79 Å². The van der Waals surface area contributed by atoms with E-state index < -0.39 is 0 Å². The topological polar surface area (TPSA) is 35.5 Å². The van der Waals surface area contributed by atoms with Gasteiger partial charge in [0.05, 0.1) is 0 Å². The molecule has 0 bridgehead atoms. The van der Waals surface area contributed by atoms with Gasteiger partial charge in [0.15, 0.2) is 11.5 Å². The van der Waals surface area contributed by atoms with Crippen molar-refractivity contribution in [3.05, 3.63) is 21.3 Å². The lowest BCUT2D eigenvalue weighted by molar-refractivity contribution is -0.124. The molecule has 1 aromatic rings. The van der Waals surface area contributed by atoms with Gasteiger partial charge >= 0.3 is 0 Å². The van der Waals surface area contributed by atoms with E-state index in [0.29, 0.717) is 0 Å². The van der Waals surface area contributed by atoms with Crippen molar-refractivity contribution in [2.45, 2.75) is 27.2 Å². The van der Waals surface area contributed by atoms with Gasteiger partial charge in [0.2, 0.25) is 6.79 Å². The summed E-state index contributed by atoms with van der Waals surface area (Å²) in [6, 6.07) is 3.95. The first-order chi connectivity index (χ1) is 7.90. The van der Waals surface area contributed by atoms with E-state index in [0.717, 1.165) is 27.1 Å². The van der Waals surface area contributed by atoms with Gasteiger partial charge in [-0.05, 0) is 53.6 Å². The minimum atomic E-state index is -0.340. The third-order valence-electron chi connectivity index (χ3n) is 3.13. The molecular formula is C13H15IO3. The number of carbonyl (C=O) groups is 1.